The Kier molecular flexibility index (Phi) is 3.34. The van der Waals surface area contributed by atoms with E-state index in [4.69, 9.17) is 10.3 Å². The van der Waals surface area contributed by atoms with Crippen LogP contribution in [0.5, 0.6) is 0 Å². The van der Waals surface area contributed by atoms with Gasteiger partial charge in [0.2, 0.25) is 0 Å². The van der Waals surface area contributed by atoms with Gasteiger partial charge >= 0.3 is 0 Å². The number of hydroxylamine groups is 1. The second kappa shape index (κ2) is 3.54. The molecule has 0 rings (SSSR count). The van der Waals surface area contributed by atoms with Crippen molar-refractivity contribution in [1.82, 2.24) is 5.48 Å². The lowest BCUT2D eigenvalue weighted by molar-refractivity contribution is -0.114. The Bertz CT molecular complexity index is 73.7. The lowest BCUT2D eigenvalue weighted by atomic mass is 10.2. The average Bonchev–Trinajstić information content (AvgIpc) is 1.69. The van der Waals surface area contributed by atoms with E-state index in [-0.39, 0.29) is 0 Å². The zero-order chi connectivity index (χ0) is 6.57. The highest BCUT2D eigenvalue weighted by molar-refractivity contribution is 5.57. The van der Waals surface area contributed by atoms with Crippen LogP contribution in [0.4, 0.5) is 0 Å². The van der Waals surface area contributed by atoms with Crippen molar-refractivity contribution in [3.8, 4) is 0 Å². The Labute approximate surface area is 47.1 Å². The number of aliphatic hydroxyl groups excluding tert-OH is 1. The molecular weight excluding hydrogens is 110 g/mol. The highest BCUT2D eigenvalue weighted by atomic mass is 16.5. The zero-order valence-corrected chi connectivity index (χ0v) is 4.53. The quantitative estimate of drug-likeness (QED) is 0.326. The van der Waals surface area contributed by atoms with Crippen molar-refractivity contribution >= 4 is 6.29 Å². The van der Waals surface area contributed by atoms with Crippen LogP contribution in [0.3, 0.4) is 0 Å². The molecule has 0 spiro atoms. The molecule has 0 aromatic carbocycles. The molecule has 4 heteroatoms. The lowest BCUT2D eigenvalue weighted by Crippen LogP contribution is -2.37. The van der Waals surface area contributed by atoms with Crippen LogP contribution in [0.25, 0.3) is 0 Å². The van der Waals surface area contributed by atoms with Crippen molar-refractivity contribution in [2.75, 3.05) is 0 Å². The second-order valence-corrected chi connectivity index (χ2v) is 1.53. The number of carbonyl (C=O) groups is 1. The fourth-order valence-electron chi connectivity index (χ4n) is 0.252. The maximum absolute atomic E-state index is 9.80. The van der Waals surface area contributed by atoms with Crippen LogP contribution in [0.1, 0.15) is 6.92 Å². The summed E-state index contributed by atoms with van der Waals surface area (Å²) in [5, 5.41) is 16.6. The van der Waals surface area contributed by atoms with Crippen molar-refractivity contribution in [3.63, 3.8) is 0 Å². The normalized spacial score (nSPS) is 17.4. The zero-order valence-electron chi connectivity index (χ0n) is 4.53. The monoisotopic (exact) mass is 119 g/mol. The Morgan fingerprint density at radius 2 is 2.25 bits per heavy atom. The van der Waals surface area contributed by atoms with E-state index in [0.29, 0.717) is 6.29 Å². The van der Waals surface area contributed by atoms with E-state index in [1.807, 2.05) is 0 Å². The molecule has 48 valence electrons. The maximum Gasteiger partial charge on any atom is 0.141 e. The van der Waals surface area contributed by atoms with Crippen molar-refractivity contribution in [2.24, 2.45) is 0 Å². The SMILES string of the molecule is C[C@H](O)[C@H](C=O)NO. The Hall–Kier alpha value is -0.450. The molecule has 0 bridgehead atoms. The van der Waals surface area contributed by atoms with E-state index in [0.717, 1.165) is 0 Å². The molecule has 8 heavy (non-hydrogen) atoms. The molecule has 3 N–H and O–H groups in total. The summed E-state index contributed by atoms with van der Waals surface area (Å²) in [6, 6.07) is -0.866. The molecule has 2 atom stereocenters. The summed E-state index contributed by atoms with van der Waals surface area (Å²) in [6.45, 7) is 1.41. The smallest absolute Gasteiger partial charge is 0.141 e. The van der Waals surface area contributed by atoms with Gasteiger partial charge in [-0.1, -0.05) is 0 Å². The number of carbonyl (C=O) groups excluding carboxylic acids is 1. The summed E-state index contributed by atoms with van der Waals surface area (Å²) in [7, 11) is 0. The van der Waals surface area contributed by atoms with Crippen LogP contribution >= 0.6 is 0 Å². The molecule has 0 amide bonds. The molecule has 0 radical (unpaired) electrons. The first-order valence-corrected chi connectivity index (χ1v) is 2.25. The lowest BCUT2D eigenvalue weighted by Gasteiger charge is -2.08. The van der Waals surface area contributed by atoms with Gasteiger partial charge < -0.3 is 15.1 Å². The molecule has 0 heterocycles. The first-order chi connectivity index (χ1) is 3.72. The number of rotatable bonds is 3. The molecule has 0 aliphatic carbocycles. The minimum absolute atomic E-state index is 0.435. The van der Waals surface area contributed by atoms with Gasteiger partial charge in [-0.05, 0) is 6.92 Å². The van der Waals surface area contributed by atoms with Crippen LogP contribution in [0.2, 0.25) is 0 Å². The molecule has 0 aliphatic heterocycles. The van der Waals surface area contributed by atoms with Gasteiger partial charge in [-0.15, -0.1) is 0 Å². The van der Waals surface area contributed by atoms with Crippen LogP contribution in [0, 0.1) is 0 Å². The fourth-order valence-corrected chi connectivity index (χ4v) is 0.252. The third-order valence-corrected chi connectivity index (χ3v) is 0.815. The first-order valence-electron chi connectivity index (χ1n) is 2.25. The van der Waals surface area contributed by atoms with Gasteiger partial charge in [-0.3, -0.25) is 0 Å². The van der Waals surface area contributed by atoms with Crippen molar-refractivity contribution in [1.29, 1.82) is 0 Å². The summed E-state index contributed by atoms with van der Waals surface area (Å²) in [4.78, 5) is 9.80. The Balaban J connectivity index is 3.51. The maximum atomic E-state index is 9.80. The van der Waals surface area contributed by atoms with Crippen LogP contribution < -0.4 is 5.48 Å². The molecule has 0 aromatic rings. The van der Waals surface area contributed by atoms with E-state index in [1.165, 1.54) is 6.92 Å². The third-order valence-electron chi connectivity index (χ3n) is 0.815. The van der Waals surface area contributed by atoms with E-state index >= 15 is 0 Å². The standard InChI is InChI=1S/C4H9NO3/c1-3(7)4(2-6)5-8/h2-5,7-8H,1H3/t3-,4-/m0/s1. The Morgan fingerprint density at radius 1 is 1.75 bits per heavy atom. The highest BCUT2D eigenvalue weighted by Crippen LogP contribution is 1.84. The summed E-state index contributed by atoms with van der Waals surface area (Å²) < 4.78 is 0. The topological polar surface area (TPSA) is 69.6 Å². The Morgan fingerprint density at radius 3 is 2.25 bits per heavy atom. The summed E-state index contributed by atoms with van der Waals surface area (Å²) in [6.07, 6.45) is -0.414. The number of hydrogen-bond donors (Lipinski definition) is 3. The predicted molar refractivity (Wildman–Crippen MR) is 26.5 cm³/mol. The summed E-state index contributed by atoms with van der Waals surface area (Å²) in [5.74, 6) is 0. The molecule has 0 aliphatic rings. The molecule has 4 nitrogen and oxygen atoms in total. The number of hydrogen-bond acceptors (Lipinski definition) is 4. The molecular formula is C4H9NO3. The van der Waals surface area contributed by atoms with Crippen LogP contribution in [-0.4, -0.2) is 28.7 Å². The number of aliphatic hydroxyl groups is 1. The predicted octanol–water partition coefficient (Wildman–Crippen LogP) is -1.09. The van der Waals surface area contributed by atoms with Gasteiger partial charge in [0.15, 0.2) is 0 Å². The van der Waals surface area contributed by atoms with Gasteiger partial charge in [0, 0.05) is 0 Å². The van der Waals surface area contributed by atoms with Gasteiger partial charge in [0.05, 0.1) is 6.10 Å². The van der Waals surface area contributed by atoms with Crippen LogP contribution in [0.15, 0.2) is 0 Å². The average molecular weight is 119 g/mol. The van der Waals surface area contributed by atoms with Crippen molar-refractivity contribution < 1.29 is 15.1 Å². The highest BCUT2D eigenvalue weighted by Gasteiger charge is 2.10. The molecule has 0 saturated carbocycles. The van der Waals surface area contributed by atoms with E-state index in [1.54, 1.807) is 5.48 Å². The van der Waals surface area contributed by atoms with Gasteiger partial charge in [0.25, 0.3) is 0 Å². The van der Waals surface area contributed by atoms with Gasteiger partial charge in [-0.25, -0.2) is 0 Å². The summed E-state index contributed by atoms with van der Waals surface area (Å²) >= 11 is 0. The minimum Gasteiger partial charge on any atom is -0.391 e. The second-order valence-electron chi connectivity index (χ2n) is 1.53. The largest absolute Gasteiger partial charge is 0.391 e. The first kappa shape index (κ1) is 7.55. The van der Waals surface area contributed by atoms with E-state index in [9.17, 15) is 4.79 Å². The summed E-state index contributed by atoms with van der Waals surface area (Å²) in [5.41, 5.74) is 1.63. The molecule has 0 saturated heterocycles. The molecule has 0 unspecified atom stereocenters. The van der Waals surface area contributed by atoms with Crippen molar-refractivity contribution in [2.45, 2.75) is 19.1 Å². The molecule has 0 aromatic heterocycles. The van der Waals surface area contributed by atoms with Crippen molar-refractivity contribution in [3.05, 3.63) is 0 Å². The third kappa shape index (κ3) is 2.02. The van der Waals surface area contributed by atoms with Gasteiger partial charge in [0.1, 0.15) is 12.3 Å². The fraction of sp³-hybridized carbons (Fsp3) is 0.750. The van der Waals surface area contributed by atoms with E-state index in [2.05, 4.69) is 0 Å². The number of nitrogens with one attached hydrogen (secondary N) is 1. The molecule has 0 fully saturated rings. The number of aldehydes is 1. The van der Waals surface area contributed by atoms with Gasteiger partial charge in [-0.2, -0.15) is 5.48 Å². The van der Waals surface area contributed by atoms with E-state index < -0.39 is 12.1 Å². The minimum atomic E-state index is -0.866. The van der Waals surface area contributed by atoms with Crippen LogP contribution in [-0.2, 0) is 4.79 Å².